The van der Waals surface area contributed by atoms with Crippen molar-refractivity contribution in [3.05, 3.63) is 56.9 Å². The molecule has 17 heavy (non-hydrogen) atoms. The molecular formula is C13H9BrN2O. The molecule has 0 aliphatic rings. The number of hydrogen-bond donors (Lipinski definition) is 0. The van der Waals surface area contributed by atoms with E-state index in [2.05, 4.69) is 15.9 Å². The molecule has 1 aromatic heterocycles. The Balaban J connectivity index is 2.74. The lowest BCUT2D eigenvalue weighted by Gasteiger charge is -2.06. The third kappa shape index (κ3) is 2.15. The largest absolute Gasteiger partial charge is 0.317 e. The Kier molecular flexibility index (Phi) is 3.12. The summed E-state index contributed by atoms with van der Waals surface area (Å²) in [5.74, 6) is 0. The van der Waals surface area contributed by atoms with Crippen molar-refractivity contribution >= 4 is 15.9 Å². The van der Waals surface area contributed by atoms with Crippen LogP contribution in [-0.4, -0.2) is 4.57 Å². The summed E-state index contributed by atoms with van der Waals surface area (Å²) in [6.07, 6.45) is 1.67. The smallest absolute Gasteiger partial charge is 0.268 e. The molecule has 4 heteroatoms. The molecule has 1 aromatic carbocycles. The summed E-state index contributed by atoms with van der Waals surface area (Å²) in [4.78, 5) is 11.8. The van der Waals surface area contributed by atoms with Gasteiger partial charge in [-0.15, -0.1) is 0 Å². The lowest BCUT2D eigenvalue weighted by Crippen LogP contribution is -2.19. The van der Waals surface area contributed by atoms with Crippen LogP contribution in [0.15, 0.2) is 45.8 Å². The van der Waals surface area contributed by atoms with Crippen LogP contribution in [0.25, 0.3) is 11.1 Å². The number of halogens is 1. The highest BCUT2D eigenvalue weighted by Crippen LogP contribution is 2.24. The molecule has 0 aliphatic carbocycles. The number of aryl methyl sites for hydroxylation is 1. The summed E-state index contributed by atoms with van der Waals surface area (Å²) in [6.45, 7) is 0. The van der Waals surface area contributed by atoms with E-state index in [4.69, 9.17) is 5.26 Å². The van der Waals surface area contributed by atoms with Crippen LogP contribution in [0.1, 0.15) is 5.56 Å². The Hall–Kier alpha value is -1.86. The number of hydrogen-bond acceptors (Lipinski definition) is 2. The van der Waals surface area contributed by atoms with Crippen molar-refractivity contribution in [3.63, 3.8) is 0 Å². The molecule has 0 radical (unpaired) electrons. The summed E-state index contributed by atoms with van der Waals surface area (Å²) in [6, 6.07) is 11.3. The molecule has 0 aliphatic heterocycles. The minimum atomic E-state index is -0.273. The molecule has 0 saturated heterocycles. The van der Waals surface area contributed by atoms with Gasteiger partial charge in [-0.1, -0.05) is 28.1 Å². The van der Waals surface area contributed by atoms with E-state index in [1.54, 1.807) is 19.3 Å². The van der Waals surface area contributed by atoms with Crippen LogP contribution < -0.4 is 5.56 Å². The van der Waals surface area contributed by atoms with Crippen molar-refractivity contribution in [1.29, 1.82) is 5.26 Å². The van der Waals surface area contributed by atoms with Crippen molar-refractivity contribution in [3.8, 4) is 17.2 Å². The first kappa shape index (κ1) is 11.6. The monoisotopic (exact) mass is 288 g/mol. The van der Waals surface area contributed by atoms with Crippen molar-refractivity contribution < 1.29 is 0 Å². The lowest BCUT2D eigenvalue weighted by molar-refractivity contribution is 0.857. The fourth-order valence-corrected chi connectivity index (χ4v) is 2.03. The van der Waals surface area contributed by atoms with Crippen LogP contribution in [0.5, 0.6) is 0 Å². The van der Waals surface area contributed by atoms with E-state index in [0.717, 1.165) is 10.0 Å². The summed E-state index contributed by atoms with van der Waals surface area (Å²) in [5, 5.41) is 9.08. The highest BCUT2D eigenvalue weighted by molar-refractivity contribution is 9.10. The molecule has 0 unspecified atom stereocenters. The molecule has 0 bridgehead atoms. The highest BCUT2D eigenvalue weighted by atomic mass is 79.9. The average Bonchev–Trinajstić information content (AvgIpc) is 2.32. The van der Waals surface area contributed by atoms with Gasteiger partial charge in [0.1, 0.15) is 11.6 Å². The molecule has 0 amide bonds. The van der Waals surface area contributed by atoms with Gasteiger partial charge in [0.05, 0.1) is 0 Å². The van der Waals surface area contributed by atoms with E-state index in [1.807, 2.05) is 30.3 Å². The highest BCUT2D eigenvalue weighted by Gasteiger charge is 2.10. The molecule has 2 rings (SSSR count). The Morgan fingerprint density at radius 2 is 2.12 bits per heavy atom. The van der Waals surface area contributed by atoms with Crippen molar-refractivity contribution in [1.82, 2.24) is 4.57 Å². The van der Waals surface area contributed by atoms with Gasteiger partial charge in [0, 0.05) is 23.3 Å². The first-order valence-corrected chi connectivity index (χ1v) is 5.78. The van der Waals surface area contributed by atoms with Crippen LogP contribution in [0.4, 0.5) is 0 Å². The van der Waals surface area contributed by atoms with Crippen LogP contribution >= 0.6 is 15.9 Å². The van der Waals surface area contributed by atoms with E-state index in [1.165, 1.54) is 4.57 Å². The second kappa shape index (κ2) is 4.56. The van der Waals surface area contributed by atoms with Gasteiger partial charge in [0.2, 0.25) is 0 Å². The molecule has 2 aromatic rings. The topological polar surface area (TPSA) is 45.8 Å². The molecule has 0 spiro atoms. The zero-order valence-corrected chi connectivity index (χ0v) is 10.7. The maximum Gasteiger partial charge on any atom is 0.268 e. The summed E-state index contributed by atoms with van der Waals surface area (Å²) >= 11 is 3.37. The normalized spacial score (nSPS) is 9.94. The van der Waals surface area contributed by atoms with Gasteiger partial charge in [0.15, 0.2) is 0 Å². The van der Waals surface area contributed by atoms with E-state index in [9.17, 15) is 4.79 Å². The summed E-state index contributed by atoms with van der Waals surface area (Å²) < 4.78 is 2.32. The minimum Gasteiger partial charge on any atom is -0.317 e. The molecular weight excluding hydrogens is 280 g/mol. The number of benzene rings is 1. The van der Waals surface area contributed by atoms with Gasteiger partial charge in [0.25, 0.3) is 5.56 Å². The van der Waals surface area contributed by atoms with E-state index < -0.39 is 0 Å². The van der Waals surface area contributed by atoms with Crippen molar-refractivity contribution in [2.45, 2.75) is 0 Å². The molecule has 0 atom stereocenters. The second-order valence-corrected chi connectivity index (χ2v) is 4.56. The van der Waals surface area contributed by atoms with E-state index in [0.29, 0.717) is 5.56 Å². The lowest BCUT2D eigenvalue weighted by atomic mass is 10.0. The van der Waals surface area contributed by atoms with Gasteiger partial charge in [-0.3, -0.25) is 4.79 Å². The average molecular weight is 289 g/mol. The molecule has 84 valence electrons. The molecule has 0 saturated carbocycles. The maximum absolute atomic E-state index is 11.8. The van der Waals surface area contributed by atoms with Crippen molar-refractivity contribution in [2.24, 2.45) is 7.05 Å². The Bertz CT molecular complexity index is 668. The zero-order chi connectivity index (χ0) is 12.4. The standard InChI is InChI=1S/C13H9BrN2O/c1-16-6-5-11(12(8-15)13(16)17)9-3-2-4-10(14)7-9/h2-7H,1H3. The van der Waals surface area contributed by atoms with Crippen LogP contribution in [-0.2, 0) is 7.05 Å². The van der Waals surface area contributed by atoms with Crippen molar-refractivity contribution in [2.75, 3.05) is 0 Å². The quantitative estimate of drug-likeness (QED) is 0.810. The fourth-order valence-electron chi connectivity index (χ4n) is 1.63. The van der Waals surface area contributed by atoms with Gasteiger partial charge in [-0.2, -0.15) is 5.26 Å². The van der Waals surface area contributed by atoms with Gasteiger partial charge >= 0.3 is 0 Å². The minimum absolute atomic E-state index is 0.174. The number of rotatable bonds is 1. The number of nitrogens with zero attached hydrogens (tertiary/aromatic N) is 2. The SMILES string of the molecule is Cn1ccc(-c2cccc(Br)c2)c(C#N)c1=O. The Morgan fingerprint density at radius 1 is 1.35 bits per heavy atom. The van der Waals surface area contributed by atoms with E-state index in [-0.39, 0.29) is 11.1 Å². The number of nitriles is 1. The molecule has 1 heterocycles. The van der Waals surface area contributed by atoms with Crippen LogP contribution in [0, 0.1) is 11.3 Å². The summed E-state index contributed by atoms with van der Waals surface area (Å²) in [5.41, 5.74) is 1.42. The zero-order valence-electron chi connectivity index (χ0n) is 9.14. The predicted octanol–water partition coefficient (Wildman–Crippen LogP) is 2.69. The number of pyridine rings is 1. The molecule has 0 fully saturated rings. The summed E-state index contributed by atoms with van der Waals surface area (Å²) in [7, 11) is 1.63. The van der Waals surface area contributed by atoms with Gasteiger partial charge in [-0.25, -0.2) is 0 Å². The van der Waals surface area contributed by atoms with Crippen LogP contribution in [0.3, 0.4) is 0 Å². The Labute approximate surface area is 107 Å². The number of aromatic nitrogens is 1. The third-order valence-electron chi connectivity index (χ3n) is 2.52. The van der Waals surface area contributed by atoms with Gasteiger partial charge in [-0.05, 0) is 23.8 Å². The molecule has 0 N–H and O–H groups in total. The predicted molar refractivity (Wildman–Crippen MR) is 69.5 cm³/mol. The van der Waals surface area contributed by atoms with E-state index >= 15 is 0 Å². The Morgan fingerprint density at radius 3 is 2.76 bits per heavy atom. The molecule has 3 nitrogen and oxygen atoms in total. The third-order valence-corrected chi connectivity index (χ3v) is 3.01. The van der Waals surface area contributed by atoms with Gasteiger partial charge < -0.3 is 4.57 Å². The first-order chi connectivity index (χ1) is 8.13. The first-order valence-electron chi connectivity index (χ1n) is 4.99. The maximum atomic E-state index is 11.8. The second-order valence-electron chi connectivity index (χ2n) is 3.64. The fraction of sp³-hybridized carbons (Fsp3) is 0.0769. The van der Waals surface area contributed by atoms with Crippen LogP contribution in [0.2, 0.25) is 0 Å².